The molecule has 0 saturated carbocycles. The molecule has 0 aliphatic carbocycles. The van der Waals surface area contributed by atoms with E-state index < -0.39 is 17.9 Å². The maximum absolute atomic E-state index is 12.9. The third-order valence-electron chi connectivity index (χ3n) is 4.48. The number of Topliss-reactive ketones (excluding diaryl/α,β-unsaturated/α-hetero) is 1. The number of anilines is 1. The van der Waals surface area contributed by atoms with Crippen LogP contribution in [0.5, 0.6) is 5.75 Å². The number of carboxylic acids is 1. The minimum atomic E-state index is -1.13. The van der Waals surface area contributed by atoms with Crippen molar-refractivity contribution in [2.24, 2.45) is 5.84 Å². The zero-order valence-corrected chi connectivity index (χ0v) is 15.0. The van der Waals surface area contributed by atoms with Crippen molar-refractivity contribution >= 4 is 40.6 Å². The van der Waals surface area contributed by atoms with Crippen LogP contribution in [0.2, 0.25) is 10.0 Å². The van der Waals surface area contributed by atoms with Crippen molar-refractivity contribution in [3.05, 3.63) is 57.6 Å². The van der Waals surface area contributed by atoms with Gasteiger partial charge in [-0.15, -0.1) is 0 Å². The Morgan fingerprint density at radius 3 is 2.46 bits per heavy atom. The average Bonchev–Trinajstić information content (AvgIpc) is 2.57. The monoisotopic (exact) mass is 394 g/mol. The van der Waals surface area contributed by atoms with Crippen LogP contribution in [0, 0.1) is 0 Å². The lowest BCUT2D eigenvalue weighted by molar-refractivity contribution is -0.139. The number of hydrazine groups is 1. The average molecular weight is 395 g/mol. The molecule has 0 saturated heterocycles. The predicted octanol–water partition coefficient (Wildman–Crippen LogP) is 3.13. The molecule has 8 heteroatoms. The van der Waals surface area contributed by atoms with Crippen LogP contribution in [0.4, 0.5) is 5.69 Å². The van der Waals surface area contributed by atoms with E-state index in [2.05, 4.69) is 0 Å². The van der Waals surface area contributed by atoms with Crippen molar-refractivity contribution in [2.45, 2.75) is 24.8 Å². The highest BCUT2D eigenvalue weighted by Gasteiger charge is 2.40. The van der Waals surface area contributed by atoms with Crippen LogP contribution in [0.15, 0.2) is 36.4 Å². The molecule has 1 aliphatic rings. The Balaban J connectivity index is 2.00. The summed E-state index contributed by atoms with van der Waals surface area (Å²) in [6, 6.07) is 8.23. The van der Waals surface area contributed by atoms with Gasteiger partial charge in [0.15, 0.2) is 0 Å². The second-order valence-corrected chi connectivity index (χ2v) is 7.02. The van der Waals surface area contributed by atoms with Gasteiger partial charge in [0.25, 0.3) is 0 Å². The van der Waals surface area contributed by atoms with Crippen LogP contribution in [0.3, 0.4) is 0 Å². The largest absolute Gasteiger partial charge is 0.508 e. The molecule has 0 spiro atoms. The number of halogens is 2. The lowest BCUT2D eigenvalue weighted by Gasteiger charge is -2.37. The van der Waals surface area contributed by atoms with Gasteiger partial charge in [0.05, 0.1) is 5.69 Å². The number of carboxylic acid groups (broad SMARTS) is 1. The number of rotatable bonds is 4. The molecular formula is C18H16Cl2N2O4. The van der Waals surface area contributed by atoms with E-state index in [-0.39, 0.29) is 29.4 Å². The van der Waals surface area contributed by atoms with Crippen molar-refractivity contribution < 1.29 is 19.8 Å². The maximum Gasteiger partial charge on any atom is 0.327 e. The fraction of sp³-hybridized carbons (Fsp3) is 0.222. The Kier molecular flexibility index (Phi) is 5.09. The molecule has 2 aromatic rings. The predicted molar refractivity (Wildman–Crippen MR) is 98.7 cm³/mol. The smallest absolute Gasteiger partial charge is 0.327 e. The number of fused-ring (bicyclic) bond motifs is 1. The lowest BCUT2D eigenvalue weighted by Crippen LogP contribution is -2.51. The molecule has 1 heterocycles. The number of phenolic OH excluding ortho intramolecular Hbond substituents is 1. The molecule has 0 fully saturated rings. The molecule has 2 unspecified atom stereocenters. The second kappa shape index (κ2) is 7.15. The van der Waals surface area contributed by atoms with Gasteiger partial charge in [0.2, 0.25) is 0 Å². The highest BCUT2D eigenvalue weighted by molar-refractivity contribution is 6.36. The molecule has 0 bridgehead atoms. The van der Waals surface area contributed by atoms with Gasteiger partial charge in [0.1, 0.15) is 17.6 Å². The maximum atomic E-state index is 12.9. The molecule has 26 heavy (non-hydrogen) atoms. The van der Waals surface area contributed by atoms with Crippen molar-refractivity contribution in [1.29, 1.82) is 0 Å². The van der Waals surface area contributed by atoms with E-state index in [4.69, 9.17) is 29.0 Å². The van der Waals surface area contributed by atoms with Gasteiger partial charge in [-0.3, -0.25) is 9.80 Å². The van der Waals surface area contributed by atoms with Gasteiger partial charge < -0.3 is 10.2 Å². The number of carbonyl (C=O) groups excluding carboxylic acids is 1. The fourth-order valence-corrected chi connectivity index (χ4v) is 3.82. The third-order valence-corrected chi connectivity index (χ3v) is 5.01. The number of nitrogens with two attached hydrogens (primary N) is 1. The molecule has 0 aromatic heterocycles. The summed E-state index contributed by atoms with van der Waals surface area (Å²) in [5, 5.41) is 20.5. The first-order valence-corrected chi connectivity index (χ1v) is 8.60. The zero-order valence-electron chi connectivity index (χ0n) is 13.5. The van der Waals surface area contributed by atoms with Crippen molar-refractivity contribution in [1.82, 2.24) is 0 Å². The topological polar surface area (TPSA) is 104 Å². The van der Waals surface area contributed by atoms with Crippen LogP contribution in [0.1, 0.15) is 23.5 Å². The Morgan fingerprint density at radius 1 is 1.19 bits per heavy atom. The normalized spacial score (nSPS) is 19.1. The van der Waals surface area contributed by atoms with Crippen LogP contribution >= 0.6 is 23.2 Å². The Hall–Kier alpha value is -2.28. The molecule has 4 N–H and O–H groups in total. The van der Waals surface area contributed by atoms with Crippen molar-refractivity contribution in [2.75, 3.05) is 5.01 Å². The van der Waals surface area contributed by atoms with E-state index in [9.17, 15) is 19.8 Å². The lowest BCUT2D eigenvalue weighted by atomic mass is 9.81. The number of hydrogen-bond acceptors (Lipinski definition) is 5. The first-order chi connectivity index (χ1) is 12.3. The number of carbonyl (C=O) groups is 2. The van der Waals surface area contributed by atoms with Crippen LogP contribution in [-0.2, 0) is 16.0 Å². The minimum Gasteiger partial charge on any atom is -0.508 e. The summed E-state index contributed by atoms with van der Waals surface area (Å²) in [4.78, 5) is 24.5. The minimum absolute atomic E-state index is 0.0110. The van der Waals surface area contributed by atoms with Crippen LogP contribution in [-0.4, -0.2) is 28.0 Å². The van der Waals surface area contributed by atoms with E-state index in [0.29, 0.717) is 21.8 Å². The van der Waals surface area contributed by atoms with Gasteiger partial charge in [-0.1, -0.05) is 35.3 Å². The summed E-state index contributed by atoms with van der Waals surface area (Å²) >= 11 is 12.3. The van der Waals surface area contributed by atoms with Gasteiger partial charge in [0, 0.05) is 27.9 Å². The van der Waals surface area contributed by atoms with E-state index in [1.807, 2.05) is 0 Å². The summed E-state index contributed by atoms with van der Waals surface area (Å²) in [6.45, 7) is 0. The first kappa shape index (κ1) is 18.5. The molecule has 0 amide bonds. The Bertz CT molecular complexity index is 870. The van der Waals surface area contributed by atoms with E-state index in [1.165, 1.54) is 24.3 Å². The number of nitrogens with zero attached hydrogens (tertiary/aromatic N) is 1. The molecule has 3 rings (SSSR count). The molecule has 6 nitrogen and oxygen atoms in total. The molecule has 136 valence electrons. The molecule has 0 radical (unpaired) electrons. The Morgan fingerprint density at radius 2 is 1.85 bits per heavy atom. The van der Waals surface area contributed by atoms with Crippen molar-refractivity contribution in [3.8, 4) is 5.75 Å². The summed E-state index contributed by atoms with van der Waals surface area (Å²) in [7, 11) is 0. The number of aliphatic carboxylic acids is 1. The first-order valence-electron chi connectivity index (χ1n) is 7.84. The molecule has 2 aromatic carbocycles. The highest BCUT2D eigenvalue weighted by Crippen LogP contribution is 2.43. The molecular weight excluding hydrogens is 379 g/mol. The van der Waals surface area contributed by atoms with E-state index >= 15 is 0 Å². The molecule has 1 aliphatic heterocycles. The summed E-state index contributed by atoms with van der Waals surface area (Å²) < 4.78 is 0. The quantitative estimate of drug-likeness (QED) is 0.688. The fourth-order valence-electron chi connectivity index (χ4n) is 3.20. The third kappa shape index (κ3) is 3.49. The SMILES string of the molecule is NN1c2cc(Cl)cc(Cl)c2C(C(=O)Cc2ccc(O)cc2)CC1C(=O)O. The second-order valence-electron chi connectivity index (χ2n) is 6.18. The summed E-state index contributed by atoms with van der Waals surface area (Å²) in [6.07, 6.45) is 0.0946. The van der Waals surface area contributed by atoms with Gasteiger partial charge in [-0.25, -0.2) is 10.6 Å². The van der Waals surface area contributed by atoms with Crippen LogP contribution < -0.4 is 10.9 Å². The van der Waals surface area contributed by atoms with Gasteiger partial charge in [-0.2, -0.15) is 0 Å². The van der Waals surface area contributed by atoms with E-state index in [1.54, 1.807) is 12.1 Å². The van der Waals surface area contributed by atoms with Gasteiger partial charge >= 0.3 is 5.97 Å². The van der Waals surface area contributed by atoms with E-state index in [0.717, 1.165) is 5.01 Å². The Labute approximate surface area is 159 Å². The highest BCUT2D eigenvalue weighted by atomic mass is 35.5. The summed E-state index contributed by atoms with van der Waals surface area (Å²) in [5.41, 5.74) is 1.53. The number of phenols is 1. The standard InChI is InChI=1S/C18H16Cl2N2O4/c19-10-6-13(20)17-12(8-15(18(25)26)22(21)14(17)7-10)16(24)5-9-1-3-11(23)4-2-9/h1-4,6-7,12,15,23H,5,8,21H2,(H,25,26). The van der Waals surface area contributed by atoms with Crippen LogP contribution in [0.25, 0.3) is 0 Å². The zero-order chi connectivity index (χ0) is 19.0. The number of benzene rings is 2. The van der Waals surface area contributed by atoms with Crippen molar-refractivity contribution in [3.63, 3.8) is 0 Å². The summed E-state index contributed by atoms with van der Waals surface area (Å²) in [5.74, 6) is 4.03. The number of ketones is 1. The number of hydrogen-bond donors (Lipinski definition) is 3. The molecule has 2 atom stereocenters. The van der Waals surface area contributed by atoms with Gasteiger partial charge in [-0.05, 0) is 36.2 Å². The number of aromatic hydroxyl groups is 1.